The topological polar surface area (TPSA) is 95.2 Å². The van der Waals surface area contributed by atoms with Crippen LogP contribution in [-0.2, 0) is 4.79 Å². The number of benzene rings is 1. The van der Waals surface area contributed by atoms with Crippen LogP contribution in [-0.4, -0.2) is 53.6 Å². The number of aromatic nitrogens is 3. The number of pyridine rings is 1. The molecule has 8 nitrogen and oxygen atoms in total. The number of nitrogens with zero attached hydrogens (tertiary/aromatic N) is 3. The largest absolute Gasteiger partial charge is 0.473 e. The van der Waals surface area contributed by atoms with Crippen LogP contribution in [0.4, 0.5) is 11.4 Å². The van der Waals surface area contributed by atoms with Gasteiger partial charge in [-0.1, -0.05) is 6.07 Å². The molecule has 2 atom stereocenters. The van der Waals surface area contributed by atoms with Gasteiger partial charge >= 0.3 is 0 Å². The number of ether oxygens (including phenoxy) is 1. The quantitative estimate of drug-likeness (QED) is 0.631. The summed E-state index contributed by atoms with van der Waals surface area (Å²) in [5.74, 6) is 0.697. The second-order valence-corrected chi connectivity index (χ2v) is 7.78. The van der Waals surface area contributed by atoms with Gasteiger partial charge < -0.3 is 25.3 Å². The van der Waals surface area contributed by atoms with Crippen LogP contribution in [0, 0.1) is 5.92 Å². The fraction of sp³-hybridized carbons (Fsp3) is 0.381. The lowest BCUT2D eigenvalue weighted by Crippen LogP contribution is -2.30. The number of hydrogen-bond acceptors (Lipinski definition) is 6. The number of likely N-dealkylation sites (N-methyl/N-ethyl adjacent to an activating group) is 1. The first-order valence-electron chi connectivity index (χ1n) is 9.95. The predicted octanol–water partition coefficient (Wildman–Crippen LogP) is 2.39. The molecule has 1 fully saturated rings. The SMILES string of the molecule is C[C@@H](Oc1nc(-c2ccc3c(c2)NCCN3C)cc2[nH]cnc12)[C@H]1CNC(=O)C1. The fourth-order valence-corrected chi connectivity index (χ4v) is 4.03. The van der Waals surface area contributed by atoms with E-state index in [2.05, 4.69) is 50.7 Å². The van der Waals surface area contributed by atoms with Gasteiger partial charge in [-0.3, -0.25) is 4.79 Å². The second-order valence-electron chi connectivity index (χ2n) is 7.78. The van der Waals surface area contributed by atoms with Crippen molar-refractivity contribution in [1.82, 2.24) is 20.3 Å². The van der Waals surface area contributed by atoms with Crippen LogP contribution in [0.3, 0.4) is 0 Å². The molecule has 2 aliphatic rings. The number of imidazole rings is 1. The van der Waals surface area contributed by atoms with Crippen LogP contribution in [0.1, 0.15) is 13.3 Å². The van der Waals surface area contributed by atoms with Gasteiger partial charge in [0.05, 0.1) is 28.9 Å². The van der Waals surface area contributed by atoms with Crippen LogP contribution in [0.15, 0.2) is 30.6 Å². The van der Waals surface area contributed by atoms with Crippen molar-refractivity contribution in [3.63, 3.8) is 0 Å². The van der Waals surface area contributed by atoms with Gasteiger partial charge in [0.2, 0.25) is 11.8 Å². The lowest BCUT2D eigenvalue weighted by Gasteiger charge is -2.28. The molecule has 2 aromatic heterocycles. The van der Waals surface area contributed by atoms with Crippen LogP contribution >= 0.6 is 0 Å². The maximum absolute atomic E-state index is 11.6. The van der Waals surface area contributed by atoms with Gasteiger partial charge in [0.25, 0.3) is 0 Å². The zero-order valence-electron chi connectivity index (χ0n) is 16.5. The molecule has 8 heteroatoms. The van der Waals surface area contributed by atoms with Crippen LogP contribution in [0.5, 0.6) is 5.88 Å². The molecule has 2 aliphatic heterocycles. The predicted molar refractivity (Wildman–Crippen MR) is 112 cm³/mol. The molecule has 0 bridgehead atoms. The van der Waals surface area contributed by atoms with Crippen molar-refractivity contribution < 1.29 is 9.53 Å². The Balaban J connectivity index is 1.50. The molecule has 1 aromatic carbocycles. The van der Waals surface area contributed by atoms with E-state index >= 15 is 0 Å². The van der Waals surface area contributed by atoms with Crippen molar-refractivity contribution >= 4 is 28.3 Å². The highest BCUT2D eigenvalue weighted by Gasteiger charge is 2.29. The second kappa shape index (κ2) is 6.95. The molecule has 0 aliphatic carbocycles. The molecular formula is C21H24N6O2. The lowest BCUT2D eigenvalue weighted by molar-refractivity contribution is -0.119. The summed E-state index contributed by atoms with van der Waals surface area (Å²) in [6.45, 7) is 4.52. The third-order valence-electron chi connectivity index (χ3n) is 5.81. The number of carbonyl (C=O) groups is 1. The van der Waals surface area contributed by atoms with Crippen molar-refractivity contribution in [1.29, 1.82) is 0 Å². The Morgan fingerprint density at radius 2 is 2.17 bits per heavy atom. The molecule has 0 unspecified atom stereocenters. The number of aromatic amines is 1. The van der Waals surface area contributed by atoms with Gasteiger partial charge in [-0.05, 0) is 25.1 Å². The first kappa shape index (κ1) is 17.8. The van der Waals surface area contributed by atoms with E-state index in [0.717, 1.165) is 35.6 Å². The van der Waals surface area contributed by atoms with Crippen molar-refractivity contribution in [2.45, 2.75) is 19.4 Å². The van der Waals surface area contributed by atoms with Gasteiger partial charge in [-0.2, -0.15) is 0 Å². The third kappa shape index (κ3) is 3.24. The van der Waals surface area contributed by atoms with E-state index in [1.807, 2.05) is 13.0 Å². The van der Waals surface area contributed by atoms with E-state index in [1.54, 1.807) is 6.33 Å². The molecule has 0 saturated carbocycles. The van der Waals surface area contributed by atoms with Crippen molar-refractivity contribution in [2.75, 3.05) is 36.9 Å². The number of nitrogens with one attached hydrogen (secondary N) is 3. The molecule has 4 heterocycles. The molecule has 0 spiro atoms. The highest BCUT2D eigenvalue weighted by molar-refractivity contribution is 5.86. The van der Waals surface area contributed by atoms with E-state index in [1.165, 1.54) is 5.69 Å². The summed E-state index contributed by atoms with van der Waals surface area (Å²) in [6, 6.07) is 8.32. The Hall–Kier alpha value is -3.29. The zero-order valence-corrected chi connectivity index (χ0v) is 16.5. The number of hydrogen-bond donors (Lipinski definition) is 3. The first-order valence-corrected chi connectivity index (χ1v) is 9.95. The van der Waals surface area contributed by atoms with Crippen molar-refractivity contribution in [3.8, 4) is 17.1 Å². The van der Waals surface area contributed by atoms with E-state index in [9.17, 15) is 4.79 Å². The van der Waals surface area contributed by atoms with Crippen LogP contribution in [0.25, 0.3) is 22.3 Å². The number of fused-ring (bicyclic) bond motifs is 2. The van der Waals surface area contributed by atoms with Gasteiger partial charge in [0, 0.05) is 44.6 Å². The molecule has 3 aromatic rings. The maximum Gasteiger partial charge on any atom is 0.243 e. The summed E-state index contributed by atoms with van der Waals surface area (Å²) in [6.07, 6.45) is 1.99. The molecule has 1 amide bonds. The first-order chi connectivity index (χ1) is 14.1. The van der Waals surface area contributed by atoms with Gasteiger partial charge in [0.1, 0.15) is 6.10 Å². The maximum atomic E-state index is 11.6. The zero-order chi connectivity index (χ0) is 20.0. The van der Waals surface area contributed by atoms with Crippen LogP contribution < -0.4 is 20.3 Å². The van der Waals surface area contributed by atoms with E-state index in [4.69, 9.17) is 9.72 Å². The molecular weight excluding hydrogens is 368 g/mol. The Labute approximate surface area is 168 Å². The number of H-pyrrole nitrogens is 1. The Morgan fingerprint density at radius 1 is 1.28 bits per heavy atom. The van der Waals surface area contributed by atoms with E-state index in [0.29, 0.717) is 24.4 Å². The minimum atomic E-state index is -0.143. The van der Waals surface area contributed by atoms with Crippen molar-refractivity contribution in [2.24, 2.45) is 5.92 Å². The summed E-state index contributed by atoms with van der Waals surface area (Å²) < 4.78 is 6.20. The average molecular weight is 392 g/mol. The molecule has 1 saturated heterocycles. The number of amides is 1. The summed E-state index contributed by atoms with van der Waals surface area (Å²) in [7, 11) is 2.10. The summed E-state index contributed by atoms with van der Waals surface area (Å²) in [5, 5.41) is 6.33. The third-order valence-corrected chi connectivity index (χ3v) is 5.81. The summed E-state index contributed by atoms with van der Waals surface area (Å²) in [4.78, 5) is 26.1. The molecule has 150 valence electrons. The Bertz CT molecular complexity index is 1080. The lowest BCUT2D eigenvalue weighted by atomic mass is 10.0. The molecule has 5 rings (SSSR count). The Morgan fingerprint density at radius 3 is 3.00 bits per heavy atom. The monoisotopic (exact) mass is 392 g/mol. The van der Waals surface area contributed by atoms with Gasteiger partial charge in [0.15, 0.2) is 5.52 Å². The highest BCUT2D eigenvalue weighted by Crippen LogP contribution is 2.34. The average Bonchev–Trinajstić information content (AvgIpc) is 3.37. The summed E-state index contributed by atoms with van der Waals surface area (Å²) in [5.41, 5.74) is 5.70. The van der Waals surface area contributed by atoms with E-state index in [-0.39, 0.29) is 17.9 Å². The molecule has 3 N–H and O–H groups in total. The number of carbonyl (C=O) groups excluding carboxylic acids is 1. The number of rotatable bonds is 4. The van der Waals surface area contributed by atoms with Gasteiger partial charge in [-0.15, -0.1) is 0 Å². The summed E-state index contributed by atoms with van der Waals surface area (Å²) >= 11 is 0. The molecule has 29 heavy (non-hydrogen) atoms. The Kier molecular flexibility index (Phi) is 4.26. The number of anilines is 2. The van der Waals surface area contributed by atoms with Gasteiger partial charge in [-0.25, -0.2) is 9.97 Å². The highest BCUT2D eigenvalue weighted by atomic mass is 16.5. The normalized spacial score (nSPS) is 19.6. The molecule has 0 radical (unpaired) electrons. The smallest absolute Gasteiger partial charge is 0.243 e. The van der Waals surface area contributed by atoms with E-state index < -0.39 is 0 Å². The standard InChI is InChI=1S/C21H24N6O2/c1-12(14-8-19(28)23-10-14)29-21-20-17(24-11-25-20)9-15(26-21)13-3-4-18-16(7-13)22-5-6-27(18)2/h3-4,7,9,11-12,14,22H,5-6,8,10H2,1-2H3,(H,23,28)(H,24,25)/t12-,14-/m1/s1. The van der Waals surface area contributed by atoms with Crippen molar-refractivity contribution in [3.05, 3.63) is 30.6 Å². The minimum Gasteiger partial charge on any atom is -0.473 e. The van der Waals surface area contributed by atoms with Crippen LogP contribution in [0.2, 0.25) is 0 Å². The fourth-order valence-electron chi connectivity index (χ4n) is 4.03. The minimum absolute atomic E-state index is 0.0728.